The van der Waals surface area contributed by atoms with Crippen LogP contribution in [0.25, 0.3) is 0 Å². The third-order valence-corrected chi connectivity index (χ3v) is 5.22. The minimum Gasteiger partial charge on any atom is -0.393 e. The molecule has 128 valence electrons. The molecule has 7 nitrogen and oxygen atoms in total. The molecule has 2 aromatic rings. The molecule has 0 radical (unpaired) electrons. The van der Waals surface area contributed by atoms with Crippen LogP contribution in [0.2, 0.25) is 20.1 Å². The number of amides is 1. The summed E-state index contributed by atoms with van der Waals surface area (Å²) in [5, 5.41) is 13.3. The van der Waals surface area contributed by atoms with Crippen LogP contribution >= 0.6 is 46.4 Å². The van der Waals surface area contributed by atoms with E-state index in [2.05, 4.69) is 10.3 Å². The molecule has 25 heavy (non-hydrogen) atoms. The van der Waals surface area contributed by atoms with Gasteiger partial charge >= 0.3 is 0 Å². The molecule has 2 aromatic carbocycles. The van der Waals surface area contributed by atoms with Gasteiger partial charge in [0.05, 0.1) is 41.8 Å². The molecule has 0 aromatic heterocycles. The summed E-state index contributed by atoms with van der Waals surface area (Å²) in [4.78, 5) is 26.7. The molecule has 0 saturated heterocycles. The van der Waals surface area contributed by atoms with E-state index in [0.29, 0.717) is 0 Å². The standard InChI is InChI=1S/C14H6Cl4N4O3/c15-9-7-8(10(16)12(18)11(9)17)14(23)21-13(7)20-4-1-2-5(19)6(3-4)22(24)25/h1-3H,19H2,(H,20,21,23). The van der Waals surface area contributed by atoms with E-state index < -0.39 is 10.8 Å². The van der Waals surface area contributed by atoms with Crippen molar-refractivity contribution in [2.24, 2.45) is 4.99 Å². The van der Waals surface area contributed by atoms with Gasteiger partial charge in [-0.25, -0.2) is 4.99 Å². The van der Waals surface area contributed by atoms with Crippen LogP contribution in [0.5, 0.6) is 0 Å². The van der Waals surface area contributed by atoms with E-state index in [1.807, 2.05) is 0 Å². The van der Waals surface area contributed by atoms with Crippen molar-refractivity contribution in [1.29, 1.82) is 0 Å². The second-order valence-corrected chi connectivity index (χ2v) is 6.43. The fourth-order valence-corrected chi connectivity index (χ4v) is 3.30. The second kappa shape index (κ2) is 6.34. The highest BCUT2D eigenvalue weighted by atomic mass is 35.5. The summed E-state index contributed by atoms with van der Waals surface area (Å²) in [6.07, 6.45) is 0. The van der Waals surface area contributed by atoms with E-state index in [-0.39, 0.29) is 54.1 Å². The number of nitrogens with zero attached hydrogens (tertiary/aromatic N) is 2. The number of carbonyl (C=O) groups is 1. The molecule has 1 aliphatic rings. The summed E-state index contributed by atoms with van der Waals surface area (Å²) in [5.41, 5.74) is 5.61. The van der Waals surface area contributed by atoms with Crippen molar-refractivity contribution in [3.63, 3.8) is 0 Å². The van der Waals surface area contributed by atoms with E-state index in [4.69, 9.17) is 52.1 Å². The molecule has 1 aliphatic heterocycles. The Kier molecular flexibility index (Phi) is 4.51. The van der Waals surface area contributed by atoms with Gasteiger partial charge in [-0.1, -0.05) is 46.4 Å². The van der Waals surface area contributed by atoms with Crippen molar-refractivity contribution in [2.75, 3.05) is 5.73 Å². The molecule has 0 fully saturated rings. The summed E-state index contributed by atoms with van der Waals surface area (Å²) >= 11 is 24.2. The first kappa shape index (κ1) is 17.8. The average Bonchev–Trinajstić information content (AvgIpc) is 2.88. The number of nitrogen functional groups attached to an aromatic ring is 1. The number of anilines is 1. The van der Waals surface area contributed by atoms with Crippen molar-refractivity contribution >= 4 is 75.2 Å². The number of hydrogen-bond donors (Lipinski definition) is 2. The van der Waals surface area contributed by atoms with Crippen molar-refractivity contribution in [1.82, 2.24) is 5.32 Å². The molecule has 0 aliphatic carbocycles. The number of rotatable bonds is 2. The van der Waals surface area contributed by atoms with Crippen molar-refractivity contribution in [2.45, 2.75) is 0 Å². The molecule has 1 heterocycles. The Bertz CT molecular complexity index is 991. The van der Waals surface area contributed by atoms with E-state index in [1.54, 1.807) is 0 Å². The van der Waals surface area contributed by atoms with Crippen molar-refractivity contribution < 1.29 is 9.72 Å². The number of nitrogens with one attached hydrogen (secondary N) is 1. The number of nitrogens with two attached hydrogens (primary N) is 1. The number of nitro benzene ring substituents is 1. The third-order valence-electron chi connectivity index (χ3n) is 3.41. The predicted octanol–water partition coefficient (Wildman–Crippen LogP) is 4.61. The van der Waals surface area contributed by atoms with Crippen LogP contribution in [-0.4, -0.2) is 16.7 Å². The molecule has 0 saturated carbocycles. The van der Waals surface area contributed by atoms with Crippen LogP contribution in [0, 0.1) is 10.1 Å². The maximum absolute atomic E-state index is 12.2. The SMILES string of the molecule is Nc1ccc(N=C2NC(=O)c3c(Cl)c(Cl)c(Cl)c(Cl)c32)cc1[N+](=O)[O-]. The van der Waals surface area contributed by atoms with Crippen LogP contribution in [0.4, 0.5) is 17.1 Å². The topological polar surface area (TPSA) is 111 Å². The van der Waals surface area contributed by atoms with Crippen LogP contribution in [0.1, 0.15) is 15.9 Å². The normalized spacial score (nSPS) is 14.6. The summed E-state index contributed by atoms with van der Waals surface area (Å²) in [6.45, 7) is 0. The Morgan fingerprint density at radius 3 is 2.24 bits per heavy atom. The van der Waals surface area contributed by atoms with Crippen LogP contribution in [-0.2, 0) is 0 Å². The highest BCUT2D eigenvalue weighted by Crippen LogP contribution is 2.43. The highest BCUT2D eigenvalue weighted by molar-refractivity contribution is 6.55. The summed E-state index contributed by atoms with van der Waals surface area (Å²) in [5.74, 6) is -0.520. The van der Waals surface area contributed by atoms with Gasteiger partial charge < -0.3 is 11.1 Å². The Labute approximate surface area is 160 Å². The summed E-state index contributed by atoms with van der Waals surface area (Å²) < 4.78 is 0. The Morgan fingerprint density at radius 2 is 1.64 bits per heavy atom. The summed E-state index contributed by atoms with van der Waals surface area (Å²) in [7, 11) is 0. The van der Waals surface area contributed by atoms with Gasteiger partial charge in [0.1, 0.15) is 11.5 Å². The van der Waals surface area contributed by atoms with Gasteiger partial charge in [0.2, 0.25) is 0 Å². The average molecular weight is 420 g/mol. The number of fused-ring (bicyclic) bond motifs is 1. The molecular formula is C14H6Cl4N4O3. The van der Waals surface area contributed by atoms with Crippen molar-refractivity contribution in [3.05, 3.63) is 59.5 Å². The molecule has 3 N–H and O–H groups in total. The zero-order chi connectivity index (χ0) is 18.5. The zero-order valence-electron chi connectivity index (χ0n) is 11.9. The Hall–Kier alpha value is -2.06. The molecular weight excluding hydrogens is 414 g/mol. The maximum Gasteiger partial charge on any atom is 0.294 e. The van der Waals surface area contributed by atoms with Gasteiger partial charge in [-0.05, 0) is 12.1 Å². The largest absolute Gasteiger partial charge is 0.393 e. The molecule has 3 rings (SSSR count). The van der Waals surface area contributed by atoms with E-state index >= 15 is 0 Å². The van der Waals surface area contributed by atoms with E-state index in [1.165, 1.54) is 18.2 Å². The molecule has 1 amide bonds. The van der Waals surface area contributed by atoms with Gasteiger partial charge in [0.15, 0.2) is 0 Å². The molecule has 0 spiro atoms. The van der Waals surface area contributed by atoms with Gasteiger partial charge in [-0.3, -0.25) is 14.9 Å². The minimum atomic E-state index is -0.638. The van der Waals surface area contributed by atoms with Gasteiger partial charge in [0.25, 0.3) is 11.6 Å². The first-order valence-electron chi connectivity index (χ1n) is 6.52. The van der Waals surface area contributed by atoms with Gasteiger partial charge in [-0.15, -0.1) is 0 Å². The first-order chi connectivity index (χ1) is 11.7. The van der Waals surface area contributed by atoms with Gasteiger partial charge in [0, 0.05) is 6.07 Å². The number of hydrogen-bond acceptors (Lipinski definition) is 5. The lowest BCUT2D eigenvalue weighted by Crippen LogP contribution is -2.21. The lowest BCUT2D eigenvalue weighted by molar-refractivity contribution is -0.383. The minimum absolute atomic E-state index is 0.00638. The fourth-order valence-electron chi connectivity index (χ4n) is 2.27. The van der Waals surface area contributed by atoms with Crippen LogP contribution in [0.15, 0.2) is 23.2 Å². The monoisotopic (exact) mass is 418 g/mol. The van der Waals surface area contributed by atoms with Crippen molar-refractivity contribution in [3.8, 4) is 0 Å². The quantitative estimate of drug-likeness (QED) is 0.243. The second-order valence-electron chi connectivity index (χ2n) is 4.92. The molecule has 0 unspecified atom stereocenters. The van der Waals surface area contributed by atoms with Crippen LogP contribution < -0.4 is 11.1 Å². The summed E-state index contributed by atoms with van der Waals surface area (Å²) in [6, 6.07) is 3.95. The fraction of sp³-hybridized carbons (Fsp3) is 0. The Balaban J connectivity index is 2.21. The Morgan fingerprint density at radius 1 is 1.04 bits per heavy atom. The van der Waals surface area contributed by atoms with Crippen LogP contribution in [0.3, 0.4) is 0 Å². The molecule has 11 heteroatoms. The number of nitro groups is 1. The van der Waals surface area contributed by atoms with E-state index in [0.717, 1.165) is 0 Å². The number of halogens is 4. The molecule has 0 bridgehead atoms. The first-order valence-corrected chi connectivity index (χ1v) is 8.03. The molecule has 0 atom stereocenters. The number of carbonyl (C=O) groups excluding carboxylic acids is 1. The lowest BCUT2D eigenvalue weighted by Gasteiger charge is -2.08. The number of aliphatic imine (C=N–C) groups is 1. The highest BCUT2D eigenvalue weighted by Gasteiger charge is 2.34. The smallest absolute Gasteiger partial charge is 0.294 e. The zero-order valence-corrected chi connectivity index (χ0v) is 15.0. The lowest BCUT2D eigenvalue weighted by atomic mass is 10.1. The van der Waals surface area contributed by atoms with E-state index in [9.17, 15) is 14.9 Å². The van der Waals surface area contributed by atoms with Gasteiger partial charge in [-0.2, -0.15) is 0 Å². The maximum atomic E-state index is 12.2. The predicted molar refractivity (Wildman–Crippen MR) is 97.7 cm³/mol. The third kappa shape index (κ3) is 2.89. The number of amidine groups is 1. The number of benzene rings is 2.